The Morgan fingerprint density at radius 2 is 1.85 bits per heavy atom. The second-order valence-electron chi connectivity index (χ2n) is 8.59. The number of benzene rings is 2. The van der Waals surface area contributed by atoms with Gasteiger partial charge in [0, 0.05) is 28.2 Å². The van der Waals surface area contributed by atoms with Crippen molar-refractivity contribution >= 4 is 22.4 Å². The summed E-state index contributed by atoms with van der Waals surface area (Å²) < 4.78 is 6.00. The lowest BCUT2D eigenvalue weighted by atomic mass is 9.98. The maximum absolute atomic E-state index is 6.00. The van der Waals surface area contributed by atoms with Crippen molar-refractivity contribution in [3.8, 4) is 23.3 Å². The van der Waals surface area contributed by atoms with Crippen LogP contribution in [0.4, 0.5) is 11.5 Å². The van der Waals surface area contributed by atoms with Crippen molar-refractivity contribution in [2.75, 3.05) is 18.4 Å². The van der Waals surface area contributed by atoms with E-state index in [9.17, 15) is 0 Å². The van der Waals surface area contributed by atoms with Gasteiger partial charge in [0.15, 0.2) is 0 Å². The highest BCUT2D eigenvalue weighted by Crippen LogP contribution is 2.30. The molecule has 0 atom stereocenters. The van der Waals surface area contributed by atoms with Crippen LogP contribution in [-0.2, 0) is 0 Å². The molecule has 6 heteroatoms. The van der Waals surface area contributed by atoms with E-state index in [1.807, 2.05) is 56.3 Å². The molecule has 1 fully saturated rings. The Morgan fingerprint density at radius 3 is 2.65 bits per heavy atom. The van der Waals surface area contributed by atoms with Gasteiger partial charge in [-0.05, 0) is 93.9 Å². The van der Waals surface area contributed by atoms with Gasteiger partial charge in [0.25, 0.3) is 0 Å². The summed E-state index contributed by atoms with van der Waals surface area (Å²) >= 11 is 0. The van der Waals surface area contributed by atoms with Crippen molar-refractivity contribution in [2.24, 2.45) is 5.92 Å². The standard InChI is InChI=1S/C28H27N5O/c1-19-15-23(7-10-27(19)34-24-8-3-20(2)30-17-24)33-28-25-16-22(6-9-26(25)31-18-32-28)5-4-21-11-13-29-14-12-21/h3,6-10,15-18,21,29H,11-14H2,1-2H3,(H,31,32,33). The van der Waals surface area contributed by atoms with Gasteiger partial charge >= 0.3 is 0 Å². The average Bonchev–Trinajstić information content (AvgIpc) is 2.86. The average molecular weight is 450 g/mol. The summed E-state index contributed by atoms with van der Waals surface area (Å²) in [5.74, 6) is 9.52. The van der Waals surface area contributed by atoms with Crippen LogP contribution < -0.4 is 15.4 Å². The Kier molecular flexibility index (Phi) is 6.37. The number of aryl methyl sites for hydroxylation is 2. The first-order valence-electron chi connectivity index (χ1n) is 11.6. The summed E-state index contributed by atoms with van der Waals surface area (Å²) in [5, 5.41) is 7.78. The van der Waals surface area contributed by atoms with Gasteiger partial charge in [-0.1, -0.05) is 11.8 Å². The fourth-order valence-electron chi connectivity index (χ4n) is 4.01. The molecule has 0 bridgehead atoms. The number of nitrogens with one attached hydrogen (secondary N) is 2. The molecular weight excluding hydrogens is 422 g/mol. The first-order chi connectivity index (χ1) is 16.6. The van der Waals surface area contributed by atoms with Crippen LogP contribution in [0.1, 0.15) is 29.7 Å². The van der Waals surface area contributed by atoms with Crippen LogP contribution >= 0.6 is 0 Å². The second-order valence-corrected chi connectivity index (χ2v) is 8.59. The third-order valence-corrected chi connectivity index (χ3v) is 5.94. The Balaban J connectivity index is 1.37. The van der Waals surface area contributed by atoms with Crippen LogP contribution in [0.5, 0.6) is 11.5 Å². The van der Waals surface area contributed by atoms with Crippen LogP contribution in [0.25, 0.3) is 10.9 Å². The minimum atomic E-state index is 0.459. The normalized spacial score (nSPS) is 13.8. The highest BCUT2D eigenvalue weighted by Gasteiger charge is 2.10. The van der Waals surface area contributed by atoms with Crippen molar-refractivity contribution < 1.29 is 4.74 Å². The molecule has 0 aliphatic carbocycles. The smallest absolute Gasteiger partial charge is 0.145 e. The molecule has 1 aliphatic rings. The van der Waals surface area contributed by atoms with E-state index in [-0.39, 0.29) is 0 Å². The molecule has 2 aromatic heterocycles. The summed E-state index contributed by atoms with van der Waals surface area (Å²) in [4.78, 5) is 13.2. The SMILES string of the molecule is Cc1ccc(Oc2ccc(Nc3ncnc4ccc(C#CC5CCNCC5)cc34)cc2C)cn1. The highest BCUT2D eigenvalue weighted by atomic mass is 16.5. The zero-order chi connectivity index (χ0) is 23.3. The Labute approximate surface area is 199 Å². The van der Waals surface area contributed by atoms with E-state index in [0.29, 0.717) is 11.7 Å². The molecule has 0 saturated carbocycles. The molecule has 4 aromatic rings. The maximum atomic E-state index is 6.00. The van der Waals surface area contributed by atoms with Crippen molar-refractivity contribution in [3.63, 3.8) is 0 Å². The molecule has 6 nitrogen and oxygen atoms in total. The van der Waals surface area contributed by atoms with Crippen LogP contribution in [0.2, 0.25) is 0 Å². The molecular formula is C28H27N5O. The zero-order valence-electron chi connectivity index (χ0n) is 19.4. The molecule has 3 heterocycles. The van der Waals surface area contributed by atoms with Gasteiger partial charge in [-0.3, -0.25) is 4.98 Å². The molecule has 5 rings (SSSR count). The van der Waals surface area contributed by atoms with Crippen molar-refractivity contribution in [1.82, 2.24) is 20.3 Å². The molecule has 2 N–H and O–H groups in total. The summed E-state index contributed by atoms with van der Waals surface area (Å²) in [6.45, 7) is 6.07. The van der Waals surface area contributed by atoms with Crippen molar-refractivity contribution in [2.45, 2.75) is 26.7 Å². The van der Waals surface area contributed by atoms with Gasteiger partial charge in [-0.15, -0.1) is 0 Å². The molecule has 2 aromatic carbocycles. The van der Waals surface area contributed by atoms with Gasteiger partial charge in [-0.2, -0.15) is 0 Å². The molecule has 1 saturated heterocycles. The van der Waals surface area contributed by atoms with Crippen molar-refractivity contribution in [1.29, 1.82) is 0 Å². The van der Waals surface area contributed by atoms with Crippen LogP contribution in [0.3, 0.4) is 0 Å². The highest BCUT2D eigenvalue weighted by molar-refractivity contribution is 5.91. The van der Waals surface area contributed by atoms with Crippen LogP contribution in [0, 0.1) is 31.6 Å². The molecule has 0 unspecified atom stereocenters. The number of pyridine rings is 1. The van der Waals surface area contributed by atoms with Gasteiger partial charge in [-0.25, -0.2) is 9.97 Å². The number of nitrogens with zero attached hydrogens (tertiary/aromatic N) is 3. The third kappa shape index (κ3) is 5.16. The number of aromatic nitrogens is 3. The predicted molar refractivity (Wildman–Crippen MR) is 136 cm³/mol. The fraction of sp³-hybridized carbons (Fsp3) is 0.250. The molecule has 170 valence electrons. The second kappa shape index (κ2) is 9.90. The van der Waals surface area contributed by atoms with E-state index >= 15 is 0 Å². The Bertz CT molecular complexity index is 1370. The maximum Gasteiger partial charge on any atom is 0.145 e. The lowest BCUT2D eigenvalue weighted by molar-refractivity contribution is 0.447. The summed E-state index contributed by atoms with van der Waals surface area (Å²) in [7, 11) is 0. The molecule has 0 amide bonds. The van der Waals surface area contributed by atoms with E-state index < -0.39 is 0 Å². The van der Waals surface area contributed by atoms with Crippen LogP contribution in [-0.4, -0.2) is 28.0 Å². The minimum Gasteiger partial charge on any atom is -0.455 e. The number of anilines is 2. The molecule has 0 spiro atoms. The lowest BCUT2D eigenvalue weighted by Crippen LogP contribution is -2.26. The van der Waals surface area contributed by atoms with E-state index in [1.165, 1.54) is 0 Å². The van der Waals surface area contributed by atoms with Gasteiger partial charge in [0.05, 0.1) is 11.7 Å². The van der Waals surface area contributed by atoms with E-state index in [1.54, 1.807) is 12.5 Å². The summed E-state index contributed by atoms with van der Waals surface area (Å²) in [5.41, 5.74) is 4.76. The third-order valence-electron chi connectivity index (χ3n) is 5.94. The van der Waals surface area contributed by atoms with E-state index in [0.717, 1.165) is 70.9 Å². The monoisotopic (exact) mass is 449 g/mol. The quantitative estimate of drug-likeness (QED) is 0.399. The minimum absolute atomic E-state index is 0.459. The Hall–Kier alpha value is -3.95. The number of hydrogen-bond donors (Lipinski definition) is 2. The van der Waals surface area contributed by atoms with Gasteiger partial charge in [0.2, 0.25) is 0 Å². The number of ether oxygens (including phenoxy) is 1. The molecule has 1 aliphatic heterocycles. The van der Waals surface area contributed by atoms with Gasteiger partial charge < -0.3 is 15.4 Å². The number of rotatable bonds is 4. The van der Waals surface area contributed by atoms with Crippen LogP contribution in [0.15, 0.2) is 61.1 Å². The largest absolute Gasteiger partial charge is 0.455 e. The lowest BCUT2D eigenvalue weighted by Gasteiger charge is -2.17. The topological polar surface area (TPSA) is 72.0 Å². The van der Waals surface area contributed by atoms with E-state index in [2.05, 4.69) is 43.5 Å². The molecule has 0 radical (unpaired) electrons. The fourth-order valence-corrected chi connectivity index (χ4v) is 4.01. The van der Waals surface area contributed by atoms with Crippen molar-refractivity contribution in [3.05, 3.63) is 77.9 Å². The number of piperidine rings is 1. The number of hydrogen-bond acceptors (Lipinski definition) is 6. The number of fused-ring (bicyclic) bond motifs is 1. The predicted octanol–water partition coefficient (Wildman–Crippen LogP) is 5.53. The van der Waals surface area contributed by atoms with E-state index in [4.69, 9.17) is 4.74 Å². The summed E-state index contributed by atoms with van der Waals surface area (Å²) in [6.07, 6.45) is 5.53. The Morgan fingerprint density at radius 1 is 0.971 bits per heavy atom. The first-order valence-corrected chi connectivity index (χ1v) is 11.6. The zero-order valence-corrected chi connectivity index (χ0v) is 19.4. The van der Waals surface area contributed by atoms with Gasteiger partial charge in [0.1, 0.15) is 23.6 Å². The first kappa shape index (κ1) is 21.9. The summed E-state index contributed by atoms with van der Waals surface area (Å²) in [6, 6.07) is 16.0. The molecule has 34 heavy (non-hydrogen) atoms.